The molecule has 6 N–H and O–H groups in total. The molecule has 0 aromatic heterocycles. The molecule has 2 amide bonds. The van der Waals surface area contributed by atoms with E-state index in [0.29, 0.717) is 12.8 Å². The van der Waals surface area contributed by atoms with Gasteiger partial charge in [-0.05, 0) is 6.42 Å². The van der Waals surface area contributed by atoms with Gasteiger partial charge >= 0.3 is 0 Å². The third-order valence-electron chi connectivity index (χ3n) is 1.80. The average molecular weight is 216 g/mol. The zero-order valence-corrected chi connectivity index (χ0v) is 8.56. The van der Waals surface area contributed by atoms with Gasteiger partial charge in [-0.1, -0.05) is 18.5 Å². The lowest BCUT2D eigenvalue weighted by molar-refractivity contribution is -0.126. The zero-order valence-electron chi connectivity index (χ0n) is 8.56. The van der Waals surface area contributed by atoms with Crippen LogP contribution < -0.4 is 16.8 Å². The van der Waals surface area contributed by atoms with Crippen LogP contribution in [0.15, 0.2) is 5.16 Å². The summed E-state index contributed by atoms with van der Waals surface area (Å²) >= 11 is 0. The third-order valence-corrected chi connectivity index (χ3v) is 1.80. The standard InChI is InChI=1S/C8H16N4O3/c1-2-3-5(7(10)12-15)8(14)11-4-6(9)13/h5,15H,2-4H2,1H3,(H2,9,13)(H2,10,12)(H,11,14). The van der Waals surface area contributed by atoms with Crippen LogP contribution >= 0.6 is 0 Å². The van der Waals surface area contributed by atoms with E-state index in [1.54, 1.807) is 0 Å². The molecular formula is C8H16N4O3. The highest BCUT2D eigenvalue weighted by Gasteiger charge is 2.22. The minimum atomic E-state index is -0.723. The Bertz CT molecular complexity index is 265. The molecule has 1 atom stereocenters. The van der Waals surface area contributed by atoms with Crippen molar-refractivity contribution in [1.29, 1.82) is 0 Å². The van der Waals surface area contributed by atoms with Gasteiger partial charge in [0.25, 0.3) is 0 Å². The maximum Gasteiger partial charge on any atom is 0.236 e. The van der Waals surface area contributed by atoms with Crippen molar-refractivity contribution in [2.24, 2.45) is 22.5 Å². The van der Waals surface area contributed by atoms with Gasteiger partial charge in [0.15, 0.2) is 5.84 Å². The quantitative estimate of drug-likeness (QED) is 0.191. The number of amides is 2. The molecule has 0 fully saturated rings. The Morgan fingerprint density at radius 1 is 1.47 bits per heavy atom. The predicted octanol–water partition coefficient (Wildman–Crippen LogP) is -1.25. The minimum Gasteiger partial charge on any atom is -0.409 e. The average Bonchev–Trinajstić information content (AvgIpc) is 2.21. The van der Waals surface area contributed by atoms with E-state index >= 15 is 0 Å². The lowest BCUT2D eigenvalue weighted by Gasteiger charge is -2.13. The van der Waals surface area contributed by atoms with E-state index in [9.17, 15) is 9.59 Å². The van der Waals surface area contributed by atoms with E-state index in [1.807, 2.05) is 6.92 Å². The van der Waals surface area contributed by atoms with Crippen LogP contribution in [0.2, 0.25) is 0 Å². The number of oxime groups is 1. The Morgan fingerprint density at radius 3 is 2.47 bits per heavy atom. The molecule has 1 unspecified atom stereocenters. The molecule has 0 aliphatic carbocycles. The molecule has 0 aromatic rings. The molecule has 0 aliphatic rings. The second-order valence-corrected chi connectivity index (χ2v) is 3.05. The van der Waals surface area contributed by atoms with Gasteiger partial charge in [-0.15, -0.1) is 0 Å². The molecule has 0 saturated carbocycles. The third kappa shape index (κ3) is 4.84. The van der Waals surface area contributed by atoms with Gasteiger partial charge in [0.05, 0.1) is 12.5 Å². The van der Waals surface area contributed by atoms with Gasteiger partial charge in [0.1, 0.15) is 0 Å². The first-order chi connectivity index (χ1) is 7.02. The lowest BCUT2D eigenvalue weighted by Crippen LogP contribution is -2.42. The van der Waals surface area contributed by atoms with E-state index in [2.05, 4.69) is 10.5 Å². The van der Waals surface area contributed by atoms with Crippen LogP contribution in [-0.4, -0.2) is 29.4 Å². The van der Waals surface area contributed by atoms with Crippen LogP contribution in [-0.2, 0) is 9.59 Å². The highest BCUT2D eigenvalue weighted by Crippen LogP contribution is 2.06. The Morgan fingerprint density at radius 2 is 2.07 bits per heavy atom. The monoisotopic (exact) mass is 216 g/mol. The van der Waals surface area contributed by atoms with Gasteiger partial charge in [-0.2, -0.15) is 0 Å². The fourth-order valence-electron chi connectivity index (χ4n) is 1.07. The molecule has 0 spiro atoms. The number of nitrogens with two attached hydrogens (primary N) is 2. The lowest BCUT2D eigenvalue weighted by atomic mass is 10.0. The normalized spacial score (nSPS) is 13.3. The second kappa shape index (κ2) is 6.63. The smallest absolute Gasteiger partial charge is 0.236 e. The summed E-state index contributed by atoms with van der Waals surface area (Å²) in [7, 11) is 0. The highest BCUT2D eigenvalue weighted by atomic mass is 16.4. The van der Waals surface area contributed by atoms with Crippen LogP contribution in [0.25, 0.3) is 0 Å². The van der Waals surface area contributed by atoms with Crippen LogP contribution in [0, 0.1) is 5.92 Å². The highest BCUT2D eigenvalue weighted by molar-refractivity contribution is 6.02. The summed E-state index contributed by atoms with van der Waals surface area (Å²) in [6.45, 7) is 1.61. The second-order valence-electron chi connectivity index (χ2n) is 3.05. The molecule has 0 bridgehead atoms. The molecule has 7 heteroatoms. The van der Waals surface area contributed by atoms with Crippen molar-refractivity contribution in [1.82, 2.24) is 5.32 Å². The van der Waals surface area contributed by atoms with Gasteiger partial charge in [0, 0.05) is 0 Å². The first kappa shape index (κ1) is 13.2. The van der Waals surface area contributed by atoms with E-state index in [-0.39, 0.29) is 12.4 Å². The molecule has 7 nitrogen and oxygen atoms in total. The number of primary amides is 1. The zero-order chi connectivity index (χ0) is 11.8. The number of nitrogens with zero attached hydrogens (tertiary/aromatic N) is 1. The summed E-state index contributed by atoms with van der Waals surface area (Å²) in [5, 5.41) is 13.5. The molecule has 0 heterocycles. The van der Waals surface area contributed by atoms with Crippen molar-refractivity contribution in [3.8, 4) is 0 Å². The number of amidine groups is 1. The van der Waals surface area contributed by atoms with Crippen molar-refractivity contribution in [2.75, 3.05) is 6.54 Å². The molecule has 86 valence electrons. The molecule has 0 radical (unpaired) electrons. The van der Waals surface area contributed by atoms with Gasteiger partial charge in [-0.25, -0.2) is 0 Å². The maximum absolute atomic E-state index is 11.4. The fourth-order valence-corrected chi connectivity index (χ4v) is 1.07. The molecule has 15 heavy (non-hydrogen) atoms. The van der Waals surface area contributed by atoms with E-state index in [1.165, 1.54) is 0 Å². The molecular weight excluding hydrogens is 200 g/mol. The summed E-state index contributed by atoms with van der Waals surface area (Å²) < 4.78 is 0. The van der Waals surface area contributed by atoms with Crippen LogP contribution in [0.5, 0.6) is 0 Å². The number of hydrogen-bond acceptors (Lipinski definition) is 4. The summed E-state index contributed by atoms with van der Waals surface area (Å²) in [6, 6.07) is 0. The maximum atomic E-state index is 11.4. The summed E-state index contributed by atoms with van der Waals surface area (Å²) in [6.07, 6.45) is 1.14. The minimum absolute atomic E-state index is 0.168. The Labute approximate surface area is 87.5 Å². The van der Waals surface area contributed by atoms with Gasteiger partial charge in [0.2, 0.25) is 11.8 Å². The van der Waals surface area contributed by atoms with Crippen LogP contribution in [0.4, 0.5) is 0 Å². The first-order valence-electron chi connectivity index (χ1n) is 4.56. The van der Waals surface area contributed by atoms with Crippen molar-refractivity contribution >= 4 is 17.6 Å². The number of rotatable bonds is 6. The first-order valence-corrected chi connectivity index (χ1v) is 4.56. The Hall–Kier alpha value is -1.79. The van der Waals surface area contributed by atoms with Crippen molar-refractivity contribution in [3.05, 3.63) is 0 Å². The van der Waals surface area contributed by atoms with Crippen molar-refractivity contribution in [3.63, 3.8) is 0 Å². The Kier molecular flexibility index (Phi) is 5.84. The number of carbonyl (C=O) groups is 2. The topological polar surface area (TPSA) is 131 Å². The Balaban J connectivity index is 4.35. The van der Waals surface area contributed by atoms with Crippen molar-refractivity contribution in [2.45, 2.75) is 19.8 Å². The fraction of sp³-hybridized carbons (Fsp3) is 0.625. The van der Waals surface area contributed by atoms with Gasteiger partial charge in [-0.3, -0.25) is 9.59 Å². The van der Waals surface area contributed by atoms with E-state index in [0.717, 1.165) is 0 Å². The largest absolute Gasteiger partial charge is 0.409 e. The molecule has 0 saturated heterocycles. The molecule has 0 rings (SSSR count). The van der Waals surface area contributed by atoms with Crippen LogP contribution in [0.1, 0.15) is 19.8 Å². The van der Waals surface area contributed by atoms with E-state index < -0.39 is 17.7 Å². The SMILES string of the molecule is CCCC(C(=O)NCC(N)=O)C(N)=NO. The molecule has 0 aliphatic heterocycles. The summed E-state index contributed by atoms with van der Waals surface area (Å²) in [5.74, 6) is -2.00. The predicted molar refractivity (Wildman–Crippen MR) is 54.0 cm³/mol. The number of carbonyl (C=O) groups excluding carboxylic acids is 2. The number of nitrogens with one attached hydrogen (secondary N) is 1. The van der Waals surface area contributed by atoms with Gasteiger partial charge < -0.3 is 22.0 Å². The van der Waals surface area contributed by atoms with Crippen molar-refractivity contribution < 1.29 is 14.8 Å². The molecule has 0 aromatic carbocycles. The van der Waals surface area contributed by atoms with Crippen LogP contribution in [0.3, 0.4) is 0 Å². The number of hydrogen-bond donors (Lipinski definition) is 4. The summed E-state index contributed by atoms with van der Waals surface area (Å²) in [4.78, 5) is 21.9. The van der Waals surface area contributed by atoms with E-state index in [4.69, 9.17) is 16.7 Å². The summed E-state index contributed by atoms with van der Waals surface area (Å²) in [5.41, 5.74) is 10.2.